The predicted molar refractivity (Wildman–Crippen MR) is 317 cm³/mol. The number of amides is 4. The van der Waals surface area contributed by atoms with Crippen molar-refractivity contribution < 1.29 is 67.5 Å². The largest absolute Gasteiger partial charge is 0.489 e. The van der Waals surface area contributed by atoms with Gasteiger partial charge in [-0.2, -0.15) is 4.98 Å². The van der Waals surface area contributed by atoms with Crippen LogP contribution in [0, 0.1) is 60.1 Å². The highest BCUT2D eigenvalue weighted by Crippen LogP contribution is 2.58. The van der Waals surface area contributed by atoms with Crippen molar-refractivity contribution in [2.75, 3.05) is 27.8 Å². The summed E-state index contributed by atoms with van der Waals surface area (Å²) < 4.78 is 41.8. The van der Waals surface area contributed by atoms with Crippen LogP contribution in [0.5, 0.6) is 17.2 Å². The van der Waals surface area contributed by atoms with Gasteiger partial charge in [-0.15, -0.1) is 5.92 Å². The minimum absolute atomic E-state index is 0.103. The highest BCUT2D eigenvalue weighted by Gasteiger charge is 2.65. The number of para-hydroxylation sites is 2. The van der Waals surface area contributed by atoms with E-state index in [-0.39, 0.29) is 24.7 Å². The van der Waals surface area contributed by atoms with Gasteiger partial charge in [0.15, 0.2) is 17.4 Å². The molecule has 6 N–H and O–H groups in total. The Kier molecular flexibility index (Phi) is 19.4. The molecule has 456 valence electrons. The molecule has 21 nitrogen and oxygen atoms in total. The highest BCUT2D eigenvalue weighted by molar-refractivity contribution is 5.96. The Balaban J connectivity index is 0.000000160. The van der Waals surface area contributed by atoms with E-state index in [1.54, 1.807) is 55.7 Å². The number of carbonyl (C=O) groups excluding carboxylic acids is 5. The number of esters is 1. The predicted octanol–water partition coefficient (Wildman–Crippen LogP) is 8.23. The van der Waals surface area contributed by atoms with Crippen molar-refractivity contribution in [2.24, 2.45) is 28.6 Å². The molecule has 6 atom stereocenters. The summed E-state index contributed by atoms with van der Waals surface area (Å²) >= 11 is 0. The Morgan fingerprint density at radius 2 is 1.16 bits per heavy atom. The fourth-order valence-electron chi connectivity index (χ4n) is 11.5. The van der Waals surface area contributed by atoms with E-state index in [9.17, 15) is 28.4 Å². The molecule has 88 heavy (non-hydrogen) atoms. The lowest BCUT2D eigenvalue weighted by Gasteiger charge is -2.21. The van der Waals surface area contributed by atoms with Crippen LogP contribution in [0.25, 0.3) is 21.8 Å². The van der Waals surface area contributed by atoms with E-state index in [1.165, 1.54) is 30.5 Å². The minimum Gasteiger partial charge on any atom is -0.489 e. The number of ether oxygens (including phenoxy) is 4. The second-order valence-corrected chi connectivity index (χ2v) is 22.4. The molecule has 0 spiro atoms. The van der Waals surface area contributed by atoms with Gasteiger partial charge in [0.2, 0.25) is 30.0 Å². The molecule has 3 aromatic heterocycles. The summed E-state index contributed by atoms with van der Waals surface area (Å²) in [5.74, 6) is 3.13. The summed E-state index contributed by atoms with van der Waals surface area (Å²) in [5, 5.41) is 32.7. The number of pyridine rings is 2. The number of halogens is 1. The van der Waals surface area contributed by atoms with E-state index < -0.39 is 63.5 Å². The van der Waals surface area contributed by atoms with Gasteiger partial charge in [-0.25, -0.2) is 20.8 Å². The fraction of sp³-hybridized carbons (Fsp3) is 0.318. The van der Waals surface area contributed by atoms with E-state index in [0.717, 1.165) is 61.2 Å². The fourth-order valence-corrected chi connectivity index (χ4v) is 11.5. The molecule has 11 rings (SSSR count). The third-order valence-electron chi connectivity index (χ3n) is 16.3. The van der Waals surface area contributed by atoms with E-state index >= 15 is 0 Å². The van der Waals surface area contributed by atoms with Gasteiger partial charge >= 0.3 is 5.97 Å². The molecule has 22 heteroatoms. The number of hydroxylamine groups is 3. The molecule has 5 aromatic carbocycles. The number of benzene rings is 5. The first-order chi connectivity index (χ1) is 42.4. The number of fused-ring (bicyclic) bond motifs is 2. The van der Waals surface area contributed by atoms with Crippen LogP contribution in [0.2, 0.25) is 0 Å². The number of hydrogen-bond donors (Lipinski definition) is 6. The standard InChI is InChI=1S/C25H26FN3O4.C24H22N4O4.C17H19NO5/c1-15-10-17(18-6-4-5-7-21(18)27-15)14-33-22-9-8-16(11-20(22)26)12-25(24(31)29(2)3)13-19(25)23(30)28-32;1-15-10-17(19-4-2-3-5-21(19)26-15)13-31-18-8-6-16(7-9-18)11-24(23-25-14-32-28-23)12-20(24)22(29)27-30;1-3-4-9-23-13-7-5-12(6-8-13)10-17(16(20)22-2)11-14(17)15(19)18-21/h4-11,19,32H,12-14H2,1-3H3,(H,28,30);2-10,14,20,30H,11-13H2,1H3,(H,27,29);5-8,14,21H,9-11H2,1-2H3,(H,18,19)/t19-,25+;20-,24+;14-,17+/m111/s1. The van der Waals surface area contributed by atoms with Crippen LogP contribution < -0.4 is 30.7 Å². The second kappa shape index (κ2) is 27.3. The molecule has 4 amide bonds. The molecule has 3 aliphatic carbocycles. The van der Waals surface area contributed by atoms with Crippen LogP contribution in [-0.2, 0) is 66.6 Å². The number of nitrogens with zero attached hydrogens (tertiary/aromatic N) is 5. The molecular formula is C66H67FN8O13. The number of aryl methyl sites for hydroxylation is 2. The van der Waals surface area contributed by atoms with Crippen molar-refractivity contribution in [3.05, 3.63) is 185 Å². The monoisotopic (exact) mass is 1200 g/mol. The zero-order valence-electron chi connectivity index (χ0n) is 49.3. The first kappa shape index (κ1) is 62.7. The number of methoxy groups -OCH3 is 1. The van der Waals surface area contributed by atoms with Crippen molar-refractivity contribution in [1.82, 2.24) is 41.4 Å². The maximum atomic E-state index is 14.9. The van der Waals surface area contributed by atoms with Crippen LogP contribution in [0.1, 0.15) is 71.2 Å². The molecule has 0 bridgehead atoms. The van der Waals surface area contributed by atoms with Gasteiger partial charge < -0.3 is 28.4 Å². The van der Waals surface area contributed by atoms with Crippen molar-refractivity contribution in [3.8, 4) is 29.1 Å². The molecule has 0 radical (unpaired) electrons. The lowest BCUT2D eigenvalue weighted by atomic mass is 9.92. The van der Waals surface area contributed by atoms with Gasteiger partial charge in [0, 0.05) is 47.4 Å². The van der Waals surface area contributed by atoms with Crippen LogP contribution in [0.3, 0.4) is 0 Å². The number of aromatic nitrogens is 4. The number of rotatable bonds is 20. The Bertz CT molecular complexity index is 3910. The average molecular weight is 1200 g/mol. The smallest absolute Gasteiger partial charge is 0.312 e. The van der Waals surface area contributed by atoms with Gasteiger partial charge in [0.25, 0.3) is 0 Å². The summed E-state index contributed by atoms with van der Waals surface area (Å²) in [6.07, 6.45) is 3.57. The summed E-state index contributed by atoms with van der Waals surface area (Å²) in [7, 11) is 4.51. The number of hydrogen-bond acceptors (Lipinski definition) is 17. The number of carbonyl (C=O) groups is 5. The first-order valence-corrected chi connectivity index (χ1v) is 28.2. The van der Waals surface area contributed by atoms with Crippen LogP contribution >= 0.6 is 0 Å². The Labute approximate surface area is 506 Å². The van der Waals surface area contributed by atoms with Crippen LogP contribution in [-0.4, -0.2) is 98.0 Å². The van der Waals surface area contributed by atoms with Crippen molar-refractivity contribution in [1.29, 1.82) is 0 Å². The van der Waals surface area contributed by atoms with Gasteiger partial charge in [-0.3, -0.25) is 49.6 Å². The molecule has 3 saturated carbocycles. The van der Waals surface area contributed by atoms with Crippen LogP contribution in [0.4, 0.5) is 4.39 Å². The Morgan fingerprint density at radius 3 is 1.69 bits per heavy atom. The third kappa shape index (κ3) is 14.0. The SMILES string of the molecule is CC#CCOc1ccc(C[C@]2(C(=O)OC)C[C@@H]2C(=O)NO)cc1.Cc1cc(COc2ccc(C[C@]3(C(=O)N(C)C)C[C@@H]3C(=O)NO)cc2F)c2ccccc2n1.Cc1cc(COc2ccc(C[C@]3(c4ncon4)C[C@@H]3C(=O)NO)cc2)c2ccccc2n1. The topological polar surface area (TPSA) is 287 Å². The normalized spacial score (nSPS) is 20.0. The quantitative estimate of drug-likeness (QED) is 0.0181. The number of nitrogens with one attached hydrogen (secondary N) is 3. The maximum absolute atomic E-state index is 14.9. The molecule has 0 saturated heterocycles. The molecule has 3 aliphatic rings. The van der Waals surface area contributed by atoms with E-state index in [4.69, 9.17) is 39.1 Å². The van der Waals surface area contributed by atoms with Crippen LogP contribution in [0.15, 0.2) is 138 Å². The molecule has 0 unspecified atom stereocenters. The third-order valence-corrected chi connectivity index (χ3v) is 16.3. The van der Waals surface area contributed by atoms with Crippen molar-refractivity contribution in [3.63, 3.8) is 0 Å². The summed E-state index contributed by atoms with van der Waals surface area (Å²) in [4.78, 5) is 75.0. The molecular weight excluding hydrogens is 1130 g/mol. The summed E-state index contributed by atoms with van der Waals surface area (Å²) in [5.41, 5.74) is 10.6. The molecule has 3 fully saturated rings. The zero-order chi connectivity index (χ0) is 62.8. The van der Waals surface area contributed by atoms with E-state index in [1.807, 2.05) is 105 Å². The highest BCUT2D eigenvalue weighted by atomic mass is 19.1. The second-order valence-electron chi connectivity index (χ2n) is 22.4. The first-order valence-electron chi connectivity index (χ1n) is 28.2. The zero-order valence-corrected chi connectivity index (χ0v) is 49.3. The molecule has 8 aromatic rings. The van der Waals surface area contributed by atoms with Gasteiger partial charge in [-0.1, -0.05) is 77.8 Å². The molecule has 0 aliphatic heterocycles. The van der Waals surface area contributed by atoms with Crippen molar-refractivity contribution in [2.45, 2.75) is 77.9 Å². The van der Waals surface area contributed by atoms with Gasteiger partial charge in [0.05, 0.1) is 52.1 Å². The van der Waals surface area contributed by atoms with E-state index in [0.29, 0.717) is 62.5 Å². The minimum atomic E-state index is -0.987. The van der Waals surface area contributed by atoms with Gasteiger partial charge in [0.1, 0.15) is 31.3 Å². The summed E-state index contributed by atoms with van der Waals surface area (Å²) in [6, 6.07) is 39.3. The summed E-state index contributed by atoms with van der Waals surface area (Å²) in [6.45, 7) is 6.57. The van der Waals surface area contributed by atoms with Crippen molar-refractivity contribution >= 4 is 51.4 Å². The lowest BCUT2D eigenvalue weighted by molar-refractivity contribution is -0.149. The Hall–Kier alpha value is -9.82. The Morgan fingerprint density at radius 1 is 0.648 bits per heavy atom. The van der Waals surface area contributed by atoms with Gasteiger partial charge in [-0.05, 0) is 137 Å². The lowest BCUT2D eigenvalue weighted by Crippen LogP contribution is -2.36. The molecule has 3 heterocycles. The maximum Gasteiger partial charge on any atom is 0.312 e. The average Bonchev–Trinajstić information content (AvgIpc) is 1.63. The van der Waals surface area contributed by atoms with E-state index in [2.05, 4.69) is 38.0 Å².